The van der Waals surface area contributed by atoms with Crippen LogP contribution in [0.25, 0.3) is 0 Å². The van der Waals surface area contributed by atoms with E-state index in [9.17, 15) is 0 Å². The van der Waals surface area contributed by atoms with Crippen LogP contribution in [0.1, 0.15) is 12.0 Å². The zero-order chi connectivity index (χ0) is 8.97. The summed E-state index contributed by atoms with van der Waals surface area (Å²) in [4.78, 5) is 0. The van der Waals surface area contributed by atoms with E-state index in [-0.39, 0.29) is 12.4 Å². The van der Waals surface area contributed by atoms with Gasteiger partial charge in [-0.05, 0) is 36.6 Å². The minimum atomic E-state index is 0.148. The van der Waals surface area contributed by atoms with Gasteiger partial charge in [-0.2, -0.15) is 0 Å². The van der Waals surface area contributed by atoms with Gasteiger partial charge in [0.2, 0.25) is 0 Å². The molecular formula is C9H13NO2. The lowest BCUT2D eigenvalue weighted by atomic mass is 10.1. The molecule has 0 amide bonds. The van der Waals surface area contributed by atoms with Crippen LogP contribution in [0.5, 0.6) is 5.75 Å². The standard InChI is InChI=1S/C9H13NO2/c10-9-4-3-8(12)6-7(9)2-1-5-11/h3-4,6,11-12H,1-2,5,10H2. The Kier molecular flexibility index (Phi) is 2.94. The highest BCUT2D eigenvalue weighted by Crippen LogP contribution is 2.19. The third-order valence-electron chi connectivity index (χ3n) is 1.73. The molecule has 0 saturated heterocycles. The molecule has 0 bridgehead atoms. The largest absolute Gasteiger partial charge is 0.508 e. The Hall–Kier alpha value is -1.22. The highest BCUT2D eigenvalue weighted by Gasteiger charge is 1.99. The number of phenolic OH excluding ortho intramolecular Hbond substituents is 1. The maximum absolute atomic E-state index is 9.12. The van der Waals surface area contributed by atoms with Crippen LogP contribution in [0.15, 0.2) is 18.2 Å². The van der Waals surface area contributed by atoms with Crippen LogP contribution in [-0.2, 0) is 6.42 Å². The minimum absolute atomic E-state index is 0.148. The average Bonchev–Trinajstić information content (AvgIpc) is 2.07. The van der Waals surface area contributed by atoms with E-state index in [1.807, 2.05) is 0 Å². The number of phenols is 1. The zero-order valence-electron chi connectivity index (χ0n) is 6.83. The molecule has 0 unspecified atom stereocenters. The molecule has 0 aromatic heterocycles. The summed E-state index contributed by atoms with van der Waals surface area (Å²) in [5.74, 6) is 0.220. The van der Waals surface area contributed by atoms with E-state index in [0.29, 0.717) is 18.5 Å². The molecule has 1 rings (SSSR count). The lowest BCUT2D eigenvalue weighted by Gasteiger charge is -2.04. The van der Waals surface area contributed by atoms with Gasteiger partial charge < -0.3 is 15.9 Å². The Balaban J connectivity index is 2.75. The van der Waals surface area contributed by atoms with E-state index < -0.39 is 0 Å². The summed E-state index contributed by atoms with van der Waals surface area (Å²) < 4.78 is 0. The number of hydrogen-bond acceptors (Lipinski definition) is 3. The van der Waals surface area contributed by atoms with Gasteiger partial charge in [0.05, 0.1) is 0 Å². The SMILES string of the molecule is Nc1ccc(O)cc1CCCO. The summed E-state index contributed by atoms with van der Waals surface area (Å²) >= 11 is 0. The molecule has 0 aliphatic heterocycles. The third kappa shape index (κ3) is 2.13. The summed E-state index contributed by atoms with van der Waals surface area (Å²) in [6, 6.07) is 4.85. The van der Waals surface area contributed by atoms with Gasteiger partial charge in [0.25, 0.3) is 0 Å². The van der Waals surface area contributed by atoms with Crippen LogP contribution in [-0.4, -0.2) is 16.8 Å². The number of rotatable bonds is 3. The number of benzene rings is 1. The molecule has 12 heavy (non-hydrogen) atoms. The highest BCUT2D eigenvalue weighted by molar-refractivity contribution is 5.50. The summed E-state index contributed by atoms with van der Waals surface area (Å²) in [6.45, 7) is 0.148. The van der Waals surface area contributed by atoms with Crippen molar-refractivity contribution in [3.63, 3.8) is 0 Å². The Labute approximate surface area is 71.5 Å². The Morgan fingerprint density at radius 3 is 2.75 bits per heavy atom. The predicted molar refractivity (Wildman–Crippen MR) is 47.9 cm³/mol. The van der Waals surface area contributed by atoms with Crippen molar-refractivity contribution < 1.29 is 10.2 Å². The fourth-order valence-corrected chi connectivity index (χ4v) is 1.08. The van der Waals surface area contributed by atoms with Crippen LogP contribution in [0.4, 0.5) is 5.69 Å². The first-order valence-electron chi connectivity index (χ1n) is 3.92. The van der Waals surface area contributed by atoms with E-state index in [0.717, 1.165) is 5.56 Å². The molecule has 0 fully saturated rings. The minimum Gasteiger partial charge on any atom is -0.508 e. The smallest absolute Gasteiger partial charge is 0.116 e. The number of aryl methyl sites for hydroxylation is 1. The second-order valence-electron chi connectivity index (χ2n) is 2.71. The maximum atomic E-state index is 9.12. The second kappa shape index (κ2) is 3.97. The number of anilines is 1. The van der Waals surface area contributed by atoms with E-state index >= 15 is 0 Å². The van der Waals surface area contributed by atoms with Crippen molar-refractivity contribution in [3.05, 3.63) is 23.8 Å². The number of nitrogens with two attached hydrogens (primary N) is 1. The van der Waals surface area contributed by atoms with Crippen molar-refractivity contribution in [1.29, 1.82) is 0 Å². The summed E-state index contributed by atoms with van der Waals surface area (Å²) in [5, 5.41) is 17.7. The second-order valence-corrected chi connectivity index (χ2v) is 2.71. The topological polar surface area (TPSA) is 66.5 Å². The Morgan fingerprint density at radius 2 is 2.08 bits per heavy atom. The first-order chi connectivity index (χ1) is 5.74. The van der Waals surface area contributed by atoms with Gasteiger partial charge >= 0.3 is 0 Å². The molecule has 0 radical (unpaired) electrons. The lowest BCUT2D eigenvalue weighted by Crippen LogP contribution is -1.95. The molecule has 66 valence electrons. The molecular weight excluding hydrogens is 154 g/mol. The van der Waals surface area contributed by atoms with Gasteiger partial charge in [0.15, 0.2) is 0 Å². The molecule has 4 N–H and O–H groups in total. The number of aliphatic hydroxyl groups is 1. The van der Waals surface area contributed by atoms with Crippen molar-refractivity contribution in [3.8, 4) is 5.75 Å². The van der Waals surface area contributed by atoms with Crippen LogP contribution >= 0.6 is 0 Å². The van der Waals surface area contributed by atoms with Gasteiger partial charge in [-0.15, -0.1) is 0 Å². The zero-order valence-corrected chi connectivity index (χ0v) is 6.83. The fraction of sp³-hybridized carbons (Fsp3) is 0.333. The lowest BCUT2D eigenvalue weighted by molar-refractivity contribution is 0.288. The van der Waals surface area contributed by atoms with Gasteiger partial charge in [-0.3, -0.25) is 0 Å². The molecule has 0 spiro atoms. The number of nitrogen functional groups attached to an aromatic ring is 1. The van der Waals surface area contributed by atoms with Crippen molar-refractivity contribution in [2.45, 2.75) is 12.8 Å². The number of aliphatic hydroxyl groups excluding tert-OH is 1. The molecule has 3 nitrogen and oxygen atoms in total. The van der Waals surface area contributed by atoms with Crippen LogP contribution in [0.2, 0.25) is 0 Å². The molecule has 0 saturated carbocycles. The van der Waals surface area contributed by atoms with E-state index in [1.165, 1.54) is 0 Å². The Bertz CT molecular complexity index is 261. The van der Waals surface area contributed by atoms with Gasteiger partial charge in [-0.25, -0.2) is 0 Å². The number of aromatic hydroxyl groups is 1. The molecule has 0 atom stereocenters. The van der Waals surface area contributed by atoms with Crippen molar-refractivity contribution >= 4 is 5.69 Å². The molecule has 1 aromatic carbocycles. The normalized spacial score (nSPS) is 10.1. The van der Waals surface area contributed by atoms with Crippen LogP contribution in [0.3, 0.4) is 0 Å². The first kappa shape index (κ1) is 8.87. The molecule has 0 aliphatic rings. The maximum Gasteiger partial charge on any atom is 0.116 e. The van der Waals surface area contributed by atoms with Gasteiger partial charge in [0, 0.05) is 12.3 Å². The highest BCUT2D eigenvalue weighted by atomic mass is 16.3. The van der Waals surface area contributed by atoms with Gasteiger partial charge in [-0.1, -0.05) is 0 Å². The molecule has 0 heterocycles. The van der Waals surface area contributed by atoms with Gasteiger partial charge in [0.1, 0.15) is 5.75 Å². The molecule has 3 heteroatoms. The summed E-state index contributed by atoms with van der Waals surface area (Å²) in [7, 11) is 0. The van der Waals surface area contributed by atoms with E-state index in [1.54, 1.807) is 18.2 Å². The monoisotopic (exact) mass is 167 g/mol. The molecule has 1 aromatic rings. The Morgan fingerprint density at radius 1 is 1.33 bits per heavy atom. The predicted octanol–water partition coefficient (Wildman–Crippen LogP) is 0.899. The van der Waals surface area contributed by atoms with Crippen molar-refractivity contribution in [2.24, 2.45) is 0 Å². The quantitative estimate of drug-likeness (QED) is 0.463. The van der Waals surface area contributed by atoms with Crippen LogP contribution in [0, 0.1) is 0 Å². The van der Waals surface area contributed by atoms with E-state index in [2.05, 4.69) is 0 Å². The van der Waals surface area contributed by atoms with Crippen LogP contribution < -0.4 is 5.73 Å². The average molecular weight is 167 g/mol. The van der Waals surface area contributed by atoms with Crippen molar-refractivity contribution in [1.82, 2.24) is 0 Å². The van der Waals surface area contributed by atoms with Crippen molar-refractivity contribution in [2.75, 3.05) is 12.3 Å². The third-order valence-corrected chi connectivity index (χ3v) is 1.73. The van der Waals surface area contributed by atoms with E-state index in [4.69, 9.17) is 15.9 Å². The number of hydrogen-bond donors (Lipinski definition) is 3. The summed E-state index contributed by atoms with van der Waals surface area (Å²) in [6.07, 6.45) is 1.38. The molecule has 0 aliphatic carbocycles. The fourth-order valence-electron chi connectivity index (χ4n) is 1.08. The first-order valence-corrected chi connectivity index (χ1v) is 3.92. The summed E-state index contributed by atoms with van der Waals surface area (Å²) in [5.41, 5.74) is 7.20.